The van der Waals surface area contributed by atoms with Crippen LogP contribution < -0.4 is 5.73 Å². The molecule has 0 atom stereocenters. The smallest absolute Gasteiger partial charge is 0.236 e. The molecule has 0 unspecified atom stereocenters. The Morgan fingerprint density at radius 2 is 1.67 bits per heavy atom. The van der Waals surface area contributed by atoms with Gasteiger partial charge in [0.15, 0.2) is 0 Å². The fourth-order valence-electron chi connectivity index (χ4n) is 5.39. The summed E-state index contributed by atoms with van der Waals surface area (Å²) in [4.78, 5) is 13.9. The van der Waals surface area contributed by atoms with Gasteiger partial charge in [-0.05, 0) is 68.6 Å². The number of carbonyl (C=O) groups is 1. The first kappa shape index (κ1) is 12.5. The van der Waals surface area contributed by atoms with Crippen LogP contribution in [0.4, 0.5) is 0 Å². The van der Waals surface area contributed by atoms with E-state index in [4.69, 9.17) is 5.73 Å². The van der Waals surface area contributed by atoms with E-state index in [0.717, 1.165) is 30.8 Å². The number of hydrogen-bond acceptors (Lipinski definition) is 2. The van der Waals surface area contributed by atoms with E-state index in [0.29, 0.717) is 5.41 Å². The normalized spacial score (nSPS) is 41.1. The zero-order chi connectivity index (χ0) is 12.8. The monoisotopic (exact) mass is 250 g/mol. The van der Waals surface area contributed by atoms with Crippen LogP contribution in [-0.4, -0.2) is 30.4 Å². The van der Waals surface area contributed by atoms with Crippen molar-refractivity contribution in [1.29, 1.82) is 0 Å². The summed E-state index contributed by atoms with van der Waals surface area (Å²) in [5.74, 6) is 3.02. The molecule has 0 spiro atoms. The summed E-state index contributed by atoms with van der Waals surface area (Å²) in [6.45, 7) is 4.04. The van der Waals surface area contributed by atoms with Gasteiger partial charge in [0.25, 0.3) is 0 Å². The molecule has 3 heteroatoms. The van der Waals surface area contributed by atoms with Gasteiger partial charge in [0.1, 0.15) is 0 Å². The van der Waals surface area contributed by atoms with Gasteiger partial charge < -0.3 is 10.6 Å². The fraction of sp³-hybridized carbons (Fsp3) is 0.933. The lowest BCUT2D eigenvalue weighted by Crippen LogP contribution is -2.52. The number of hydrogen-bond donors (Lipinski definition) is 1. The van der Waals surface area contributed by atoms with Crippen LogP contribution in [0.15, 0.2) is 0 Å². The van der Waals surface area contributed by atoms with Crippen LogP contribution in [0, 0.1) is 23.2 Å². The van der Waals surface area contributed by atoms with Gasteiger partial charge in [0.05, 0.1) is 6.54 Å². The number of likely N-dealkylation sites (N-methyl/N-ethyl adjacent to an activating group) is 1. The Hall–Kier alpha value is -0.570. The summed E-state index contributed by atoms with van der Waals surface area (Å²) in [6.07, 6.45) is 8.51. The molecule has 1 amide bonds. The number of nitrogens with two attached hydrogens (primary N) is 1. The van der Waals surface area contributed by atoms with E-state index in [-0.39, 0.29) is 12.5 Å². The van der Waals surface area contributed by atoms with Gasteiger partial charge in [-0.25, -0.2) is 0 Å². The molecule has 3 nitrogen and oxygen atoms in total. The molecular formula is C15H26N2O. The minimum absolute atomic E-state index is 0.133. The van der Waals surface area contributed by atoms with E-state index in [2.05, 4.69) is 6.92 Å². The maximum atomic E-state index is 11.9. The molecule has 4 rings (SSSR count). The molecule has 4 aliphatic rings. The Labute approximate surface area is 110 Å². The maximum absolute atomic E-state index is 11.9. The largest absolute Gasteiger partial charge is 0.341 e. The number of carbonyl (C=O) groups excluding carboxylic acids is 1. The molecule has 4 bridgehead atoms. The average molecular weight is 250 g/mol. The van der Waals surface area contributed by atoms with Gasteiger partial charge in [-0.15, -0.1) is 0 Å². The van der Waals surface area contributed by atoms with Crippen molar-refractivity contribution in [3.05, 3.63) is 0 Å². The van der Waals surface area contributed by atoms with Crippen molar-refractivity contribution in [3.8, 4) is 0 Å². The van der Waals surface area contributed by atoms with E-state index >= 15 is 0 Å². The summed E-state index contributed by atoms with van der Waals surface area (Å²) in [5.41, 5.74) is 5.98. The highest BCUT2D eigenvalue weighted by Crippen LogP contribution is 2.60. The van der Waals surface area contributed by atoms with E-state index < -0.39 is 0 Å². The molecule has 0 aromatic rings. The molecule has 4 fully saturated rings. The second-order valence-corrected chi connectivity index (χ2v) is 7.03. The van der Waals surface area contributed by atoms with Gasteiger partial charge in [0.2, 0.25) is 5.91 Å². The van der Waals surface area contributed by atoms with Crippen molar-refractivity contribution in [3.63, 3.8) is 0 Å². The van der Waals surface area contributed by atoms with Crippen molar-refractivity contribution in [2.45, 2.75) is 45.4 Å². The third-order valence-corrected chi connectivity index (χ3v) is 5.60. The summed E-state index contributed by atoms with van der Waals surface area (Å²) in [6, 6.07) is 0. The fourth-order valence-corrected chi connectivity index (χ4v) is 5.39. The molecule has 0 aromatic carbocycles. The SMILES string of the molecule is CCN(CC12CC3CC(CC(C3)C1)C2)C(=O)CN. The summed E-state index contributed by atoms with van der Waals surface area (Å²) in [5, 5.41) is 0. The Morgan fingerprint density at radius 3 is 2.06 bits per heavy atom. The highest BCUT2D eigenvalue weighted by Gasteiger charge is 2.51. The molecule has 0 heterocycles. The average Bonchev–Trinajstić information content (AvgIpc) is 2.33. The summed E-state index contributed by atoms with van der Waals surface area (Å²) >= 11 is 0. The number of rotatable bonds is 4. The molecule has 102 valence electrons. The first-order valence-electron chi connectivity index (χ1n) is 7.62. The lowest BCUT2D eigenvalue weighted by Gasteiger charge is -2.57. The standard InChI is InChI=1S/C15H26N2O/c1-2-17(14(18)9-16)10-15-6-11-3-12(7-15)5-13(4-11)8-15/h11-13H,2-10,16H2,1H3. The highest BCUT2D eigenvalue weighted by atomic mass is 16.2. The van der Waals surface area contributed by atoms with E-state index in [1.165, 1.54) is 38.5 Å². The number of amides is 1. The van der Waals surface area contributed by atoms with Crippen LogP contribution in [0.1, 0.15) is 45.4 Å². The van der Waals surface area contributed by atoms with Crippen molar-refractivity contribution in [2.75, 3.05) is 19.6 Å². The van der Waals surface area contributed by atoms with E-state index in [1.54, 1.807) is 0 Å². The first-order chi connectivity index (χ1) is 8.64. The zero-order valence-electron chi connectivity index (χ0n) is 11.5. The molecule has 0 radical (unpaired) electrons. The predicted octanol–water partition coefficient (Wildman–Crippen LogP) is 2.01. The summed E-state index contributed by atoms with van der Waals surface area (Å²) in [7, 11) is 0. The van der Waals surface area contributed by atoms with E-state index in [1.807, 2.05) is 4.90 Å². The number of nitrogens with zero attached hydrogens (tertiary/aromatic N) is 1. The molecule has 0 saturated heterocycles. The van der Waals surface area contributed by atoms with Crippen LogP contribution in [0.2, 0.25) is 0 Å². The third-order valence-electron chi connectivity index (χ3n) is 5.60. The van der Waals surface area contributed by atoms with Gasteiger partial charge in [-0.3, -0.25) is 4.79 Å². The van der Waals surface area contributed by atoms with Gasteiger partial charge >= 0.3 is 0 Å². The molecule has 0 aromatic heterocycles. The second kappa shape index (κ2) is 4.52. The van der Waals surface area contributed by atoms with Crippen LogP contribution in [0.3, 0.4) is 0 Å². The molecule has 0 aliphatic heterocycles. The minimum atomic E-state index is 0.133. The zero-order valence-corrected chi connectivity index (χ0v) is 11.5. The summed E-state index contributed by atoms with van der Waals surface area (Å²) < 4.78 is 0. The predicted molar refractivity (Wildman–Crippen MR) is 71.9 cm³/mol. The lowest BCUT2D eigenvalue weighted by molar-refractivity contribution is -0.135. The second-order valence-electron chi connectivity index (χ2n) is 7.03. The van der Waals surface area contributed by atoms with Crippen LogP contribution in [0.25, 0.3) is 0 Å². The quantitative estimate of drug-likeness (QED) is 0.829. The van der Waals surface area contributed by atoms with Crippen molar-refractivity contribution >= 4 is 5.91 Å². The van der Waals surface area contributed by atoms with Crippen molar-refractivity contribution in [2.24, 2.45) is 28.9 Å². The minimum Gasteiger partial charge on any atom is -0.341 e. The Bertz CT molecular complexity index is 304. The first-order valence-corrected chi connectivity index (χ1v) is 7.62. The molecule has 4 saturated carbocycles. The Balaban J connectivity index is 1.73. The molecule has 4 aliphatic carbocycles. The maximum Gasteiger partial charge on any atom is 0.236 e. The Morgan fingerprint density at radius 1 is 1.17 bits per heavy atom. The van der Waals surface area contributed by atoms with Crippen molar-refractivity contribution < 1.29 is 4.79 Å². The van der Waals surface area contributed by atoms with Crippen LogP contribution >= 0.6 is 0 Å². The van der Waals surface area contributed by atoms with Gasteiger partial charge in [-0.2, -0.15) is 0 Å². The topological polar surface area (TPSA) is 46.3 Å². The Kier molecular flexibility index (Phi) is 3.13. The molecule has 2 N–H and O–H groups in total. The van der Waals surface area contributed by atoms with Gasteiger partial charge in [-0.1, -0.05) is 0 Å². The molecular weight excluding hydrogens is 224 g/mol. The highest BCUT2D eigenvalue weighted by molar-refractivity contribution is 5.78. The lowest BCUT2D eigenvalue weighted by atomic mass is 9.49. The molecule has 18 heavy (non-hydrogen) atoms. The third kappa shape index (κ3) is 2.07. The van der Waals surface area contributed by atoms with Crippen LogP contribution in [-0.2, 0) is 4.79 Å². The van der Waals surface area contributed by atoms with E-state index in [9.17, 15) is 4.79 Å². The van der Waals surface area contributed by atoms with Crippen LogP contribution in [0.5, 0.6) is 0 Å². The van der Waals surface area contributed by atoms with Crippen molar-refractivity contribution in [1.82, 2.24) is 4.90 Å². The van der Waals surface area contributed by atoms with Gasteiger partial charge in [0, 0.05) is 13.1 Å².